The minimum Gasteiger partial charge on any atom is -0.453 e. The maximum atomic E-state index is 13.8. The largest absolute Gasteiger partial charge is 0.453 e. The molecule has 44 heavy (non-hydrogen) atoms. The molecule has 2 aliphatic carbocycles. The average Bonchev–Trinajstić information content (AvgIpc) is 3.86. The molecule has 2 atom stereocenters. The van der Waals surface area contributed by atoms with Gasteiger partial charge >= 0.3 is 30.7 Å². The molecule has 0 N–H and O–H groups in total. The third-order valence-corrected chi connectivity index (χ3v) is 8.06. The van der Waals surface area contributed by atoms with Gasteiger partial charge in [0, 0.05) is 12.6 Å². The van der Waals surface area contributed by atoms with Crippen LogP contribution in [0.15, 0.2) is 36.4 Å². The summed E-state index contributed by atoms with van der Waals surface area (Å²) in [5.41, 5.74) is -5.10. The Hall–Kier alpha value is -3.65. The number of carbonyl (C=O) groups is 2. The first-order chi connectivity index (χ1) is 20.5. The molecular weight excluding hydrogens is 611 g/mol. The van der Waals surface area contributed by atoms with Gasteiger partial charge in [-0.15, -0.1) is 0 Å². The lowest BCUT2D eigenvalue weighted by Gasteiger charge is -2.44. The molecule has 2 saturated carbocycles. The highest BCUT2D eigenvalue weighted by Gasteiger charge is 2.48. The standard InChI is InChI=1S/C29H27F9N2O4/c1-43-25(41)39(13-16-8-19(28(33,34)35)10-20(9-16)29(36,37)38)24-12-23(17-4-5-17)40(26(42)44-14-15-2-3-15)22-7-6-18(11-21(22)24)27(30,31)32/h6-11,15,17,23-24H,2-5,12-14H2,1H3/t23-,24-/m0/s1. The van der Waals surface area contributed by atoms with E-state index < -0.39 is 71.6 Å². The Morgan fingerprint density at radius 2 is 1.43 bits per heavy atom. The molecule has 240 valence electrons. The first kappa shape index (κ1) is 31.8. The number of halogens is 9. The van der Waals surface area contributed by atoms with E-state index in [2.05, 4.69) is 0 Å². The Morgan fingerprint density at radius 1 is 0.841 bits per heavy atom. The van der Waals surface area contributed by atoms with Gasteiger partial charge in [-0.2, -0.15) is 39.5 Å². The van der Waals surface area contributed by atoms with Crippen molar-refractivity contribution < 1.29 is 58.6 Å². The predicted octanol–water partition coefficient (Wildman–Crippen LogP) is 8.59. The summed E-state index contributed by atoms with van der Waals surface area (Å²) in [6.07, 6.45) is -14.3. The third kappa shape index (κ3) is 6.85. The van der Waals surface area contributed by atoms with Gasteiger partial charge in [0.2, 0.25) is 0 Å². The van der Waals surface area contributed by atoms with Crippen molar-refractivity contribution in [3.63, 3.8) is 0 Å². The molecule has 15 heteroatoms. The Morgan fingerprint density at radius 3 is 1.93 bits per heavy atom. The van der Waals surface area contributed by atoms with E-state index >= 15 is 0 Å². The fourth-order valence-corrected chi connectivity index (χ4v) is 5.54. The van der Waals surface area contributed by atoms with Crippen LogP contribution < -0.4 is 4.90 Å². The number of alkyl halides is 9. The van der Waals surface area contributed by atoms with Crippen LogP contribution in [0.2, 0.25) is 0 Å². The van der Waals surface area contributed by atoms with E-state index in [-0.39, 0.29) is 42.2 Å². The van der Waals surface area contributed by atoms with Crippen molar-refractivity contribution in [2.24, 2.45) is 11.8 Å². The molecule has 5 rings (SSSR count). The van der Waals surface area contributed by atoms with Crippen LogP contribution in [0.1, 0.15) is 66.0 Å². The molecule has 1 aliphatic heterocycles. The number of rotatable bonds is 6. The first-order valence-electron chi connectivity index (χ1n) is 13.8. The van der Waals surface area contributed by atoms with Gasteiger partial charge in [-0.25, -0.2) is 9.59 Å². The molecule has 0 saturated heterocycles. The van der Waals surface area contributed by atoms with E-state index in [0.717, 1.165) is 43.1 Å². The second kappa shape index (κ2) is 11.4. The number of methoxy groups -OCH3 is 1. The van der Waals surface area contributed by atoms with Gasteiger partial charge in [0.05, 0.1) is 42.1 Å². The van der Waals surface area contributed by atoms with E-state index in [1.54, 1.807) is 0 Å². The van der Waals surface area contributed by atoms with Crippen molar-refractivity contribution in [3.05, 3.63) is 64.2 Å². The zero-order chi connectivity index (χ0) is 32.2. The molecule has 2 amide bonds. The molecule has 2 fully saturated rings. The van der Waals surface area contributed by atoms with Crippen LogP contribution in [0.25, 0.3) is 0 Å². The molecule has 2 aromatic carbocycles. The predicted molar refractivity (Wildman–Crippen MR) is 136 cm³/mol. The number of ether oxygens (including phenoxy) is 2. The minimum absolute atomic E-state index is 0.000808. The van der Waals surface area contributed by atoms with Gasteiger partial charge in [0.15, 0.2) is 0 Å². The summed E-state index contributed by atoms with van der Waals surface area (Å²) in [6.45, 7) is -0.735. The fraction of sp³-hybridized carbons (Fsp3) is 0.517. The summed E-state index contributed by atoms with van der Waals surface area (Å²) in [6, 6.07) is 1.41. The number of anilines is 1. The van der Waals surface area contributed by atoms with Crippen molar-refractivity contribution in [2.45, 2.75) is 69.3 Å². The normalized spacial score (nSPS) is 20.6. The lowest BCUT2D eigenvalue weighted by Crippen LogP contribution is -2.50. The van der Waals surface area contributed by atoms with E-state index in [4.69, 9.17) is 9.47 Å². The van der Waals surface area contributed by atoms with Crippen LogP contribution in [-0.2, 0) is 34.5 Å². The first-order valence-corrected chi connectivity index (χ1v) is 13.8. The molecule has 0 spiro atoms. The minimum atomic E-state index is -5.16. The Labute approximate surface area is 245 Å². The van der Waals surface area contributed by atoms with Crippen LogP contribution >= 0.6 is 0 Å². The van der Waals surface area contributed by atoms with Gasteiger partial charge in [-0.05, 0) is 91.5 Å². The summed E-state index contributed by atoms with van der Waals surface area (Å²) in [5.74, 6) is 0.0677. The van der Waals surface area contributed by atoms with Gasteiger partial charge < -0.3 is 9.47 Å². The number of carbonyl (C=O) groups excluding carboxylic acids is 2. The second-order valence-electron chi connectivity index (χ2n) is 11.3. The molecule has 0 bridgehead atoms. The average molecular weight is 639 g/mol. The lowest BCUT2D eigenvalue weighted by atomic mass is 9.86. The zero-order valence-corrected chi connectivity index (χ0v) is 23.2. The molecule has 2 aromatic rings. The summed E-state index contributed by atoms with van der Waals surface area (Å²) in [5, 5.41) is 0. The van der Waals surface area contributed by atoms with Gasteiger partial charge in [0.25, 0.3) is 0 Å². The topological polar surface area (TPSA) is 59.1 Å². The van der Waals surface area contributed by atoms with Crippen molar-refractivity contribution in [3.8, 4) is 0 Å². The second-order valence-corrected chi connectivity index (χ2v) is 11.3. The number of amides is 2. The summed E-state index contributed by atoms with van der Waals surface area (Å²) >= 11 is 0. The molecular formula is C29H27F9N2O4. The van der Waals surface area contributed by atoms with Crippen LogP contribution in [0.4, 0.5) is 54.8 Å². The van der Waals surface area contributed by atoms with Crippen LogP contribution in [-0.4, -0.2) is 36.8 Å². The quantitative estimate of drug-likeness (QED) is 0.298. The zero-order valence-electron chi connectivity index (χ0n) is 23.2. The van der Waals surface area contributed by atoms with Crippen molar-refractivity contribution in [1.82, 2.24) is 4.90 Å². The molecule has 0 radical (unpaired) electrons. The van der Waals surface area contributed by atoms with Gasteiger partial charge in [0.1, 0.15) is 0 Å². The molecule has 0 aromatic heterocycles. The molecule has 1 heterocycles. The van der Waals surface area contributed by atoms with E-state index in [0.29, 0.717) is 25.0 Å². The number of fused-ring (bicyclic) bond motifs is 1. The van der Waals surface area contributed by atoms with E-state index in [1.165, 1.54) is 4.90 Å². The highest BCUT2D eigenvalue weighted by molar-refractivity contribution is 5.91. The highest BCUT2D eigenvalue weighted by Crippen LogP contribution is 2.50. The maximum Gasteiger partial charge on any atom is 0.416 e. The maximum absolute atomic E-state index is 13.8. The monoisotopic (exact) mass is 638 g/mol. The SMILES string of the molecule is COC(=O)N(Cc1cc(C(F)(F)F)cc(C(F)(F)F)c1)[C@H]1C[C@@H](C2CC2)N(C(=O)OCC2CC2)c2ccc(C(F)(F)F)cc21. The van der Waals surface area contributed by atoms with Gasteiger partial charge in [-0.3, -0.25) is 9.80 Å². The van der Waals surface area contributed by atoms with Crippen molar-refractivity contribution in [2.75, 3.05) is 18.6 Å². The van der Waals surface area contributed by atoms with E-state index in [1.807, 2.05) is 0 Å². The lowest BCUT2D eigenvalue weighted by molar-refractivity contribution is -0.143. The summed E-state index contributed by atoms with van der Waals surface area (Å²) in [7, 11) is 0.929. The Balaban J connectivity index is 1.61. The van der Waals surface area contributed by atoms with Crippen molar-refractivity contribution in [1.29, 1.82) is 0 Å². The molecule has 6 nitrogen and oxygen atoms in total. The van der Waals surface area contributed by atoms with Crippen LogP contribution in [0.5, 0.6) is 0 Å². The number of benzene rings is 2. The number of hydrogen-bond donors (Lipinski definition) is 0. The van der Waals surface area contributed by atoms with Crippen LogP contribution in [0, 0.1) is 11.8 Å². The highest BCUT2D eigenvalue weighted by atomic mass is 19.4. The van der Waals surface area contributed by atoms with Crippen molar-refractivity contribution >= 4 is 17.9 Å². The summed E-state index contributed by atoms with van der Waals surface area (Å²) in [4.78, 5) is 28.5. The molecule has 0 unspecified atom stereocenters. The smallest absolute Gasteiger partial charge is 0.416 e. The van der Waals surface area contributed by atoms with Gasteiger partial charge in [-0.1, -0.05) is 0 Å². The summed E-state index contributed by atoms with van der Waals surface area (Å²) < 4.78 is 133. The number of nitrogens with zero attached hydrogens (tertiary/aromatic N) is 2. The number of hydrogen-bond acceptors (Lipinski definition) is 4. The Kier molecular flexibility index (Phi) is 8.21. The Bertz CT molecular complexity index is 1380. The molecule has 3 aliphatic rings. The van der Waals surface area contributed by atoms with E-state index in [9.17, 15) is 49.1 Å². The fourth-order valence-electron chi connectivity index (χ4n) is 5.54. The third-order valence-electron chi connectivity index (χ3n) is 8.06. The van der Waals surface area contributed by atoms with Crippen LogP contribution in [0.3, 0.4) is 0 Å².